The molecular weight excluding hydrogens is 246 g/mol. The molecular formula is C12H19N5O2. The average Bonchev–Trinajstić information content (AvgIpc) is 2.75. The summed E-state index contributed by atoms with van der Waals surface area (Å²) in [5, 5.41) is 12.1. The molecule has 1 aromatic heterocycles. The summed E-state index contributed by atoms with van der Waals surface area (Å²) in [6.45, 7) is 4.42. The minimum absolute atomic E-state index is 0.358. The van der Waals surface area contributed by atoms with Crippen molar-refractivity contribution >= 4 is 11.9 Å². The monoisotopic (exact) mass is 265 g/mol. The van der Waals surface area contributed by atoms with Gasteiger partial charge in [0.05, 0.1) is 0 Å². The predicted octanol–water partition coefficient (Wildman–Crippen LogP) is -0.104. The Bertz CT molecular complexity index is 450. The molecule has 0 aromatic carbocycles. The van der Waals surface area contributed by atoms with Crippen molar-refractivity contribution in [3.8, 4) is 0 Å². The van der Waals surface area contributed by atoms with Gasteiger partial charge >= 0.3 is 5.97 Å². The molecule has 7 nitrogen and oxygen atoms in total. The molecule has 1 saturated heterocycles. The molecule has 1 aromatic rings. The van der Waals surface area contributed by atoms with Crippen LogP contribution >= 0.6 is 0 Å². The van der Waals surface area contributed by atoms with Gasteiger partial charge in [0.15, 0.2) is 0 Å². The Labute approximate surface area is 111 Å². The van der Waals surface area contributed by atoms with Gasteiger partial charge in [-0.25, -0.2) is 9.97 Å². The number of aromatic nitrogens is 2. The van der Waals surface area contributed by atoms with Crippen LogP contribution in [0.5, 0.6) is 0 Å². The first kappa shape index (κ1) is 13.7. The molecule has 1 aliphatic rings. The minimum Gasteiger partial charge on any atom is -0.480 e. The number of rotatable bonds is 5. The molecule has 0 unspecified atom stereocenters. The summed E-state index contributed by atoms with van der Waals surface area (Å²) in [6, 6.07) is 0. The summed E-state index contributed by atoms with van der Waals surface area (Å²) in [5.74, 6) is -0.333. The number of carboxylic acids is 1. The highest BCUT2D eigenvalue weighted by molar-refractivity contribution is 5.79. The van der Waals surface area contributed by atoms with Crippen molar-refractivity contribution in [1.29, 1.82) is 0 Å². The third-order valence-corrected chi connectivity index (χ3v) is 3.25. The molecule has 1 fully saturated rings. The summed E-state index contributed by atoms with van der Waals surface area (Å²) in [4.78, 5) is 21.4. The molecule has 104 valence electrons. The fourth-order valence-corrected chi connectivity index (χ4v) is 2.17. The van der Waals surface area contributed by atoms with Crippen LogP contribution in [0.2, 0.25) is 0 Å². The smallest absolute Gasteiger partial charge is 0.325 e. The van der Waals surface area contributed by atoms with Crippen LogP contribution in [-0.2, 0) is 11.3 Å². The third-order valence-electron chi connectivity index (χ3n) is 3.25. The molecule has 4 N–H and O–H groups in total. The standard InChI is InChI=1S/C12H19N5O2/c1-2-14-11-15-5-9(6-16-11)7-17-4-3-12(13,8-17)10(18)19/h5-6H,2-4,7-8,13H2,1H3,(H,18,19)(H,14,15,16)/t12-/m0/s1. The molecule has 0 aliphatic carbocycles. The molecule has 7 heteroatoms. The second-order valence-corrected chi connectivity index (χ2v) is 4.87. The maximum atomic E-state index is 11.1. The van der Waals surface area contributed by atoms with E-state index in [9.17, 15) is 4.79 Å². The number of nitrogens with one attached hydrogen (secondary N) is 1. The summed E-state index contributed by atoms with van der Waals surface area (Å²) >= 11 is 0. The molecule has 1 aliphatic heterocycles. The highest BCUT2D eigenvalue weighted by Crippen LogP contribution is 2.20. The highest BCUT2D eigenvalue weighted by atomic mass is 16.4. The Morgan fingerprint density at radius 2 is 2.26 bits per heavy atom. The Balaban J connectivity index is 1.94. The summed E-state index contributed by atoms with van der Waals surface area (Å²) < 4.78 is 0. The lowest BCUT2D eigenvalue weighted by atomic mass is 10.0. The molecule has 1 atom stereocenters. The predicted molar refractivity (Wildman–Crippen MR) is 70.6 cm³/mol. The van der Waals surface area contributed by atoms with E-state index in [-0.39, 0.29) is 0 Å². The first-order chi connectivity index (χ1) is 9.03. The molecule has 0 saturated carbocycles. The lowest BCUT2D eigenvalue weighted by Gasteiger charge is -2.19. The zero-order chi connectivity index (χ0) is 13.9. The van der Waals surface area contributed by atoms with Gasteiger partial charge in [-0.1, -0.05) is 0 Å². The molecule has 2 rings (SSSR count). The molecule has 19 heavy (non-hydrogen) atoms. The van der Waals surface area contributed by atoms with Crippen molar-refractivity contribution in [3.63, 3.8) is 0 Å². The maximum absolute atomic E-state index is 11.1. The molecule has 0 bridgehead atoms. The van der Waals surface area contributed by atoms with E-state index < -0.39 is 11.5 Å². The van der Waals surface area contributed by atoms with Crippen LogP contribution in [0.1, 0.15) is 18.9 Å². The van der Waals surface area contributed by atoms with Crippen LogP contribution in [0.25, 0.3) is 0 Å². The Hall–Kier alpha value is -1.73. The van der Waals surface area contributed by atoms with Crippen LogP contribution in [0.15, 0.2) is 12.4 Å². The van der Waals surface area contributed by atoms with Crippen molar-refractivity contribution < 1.29 is 9.90 Å². The summed E-state index contributed by atoms with van der Waals surface area (Å²) in [6.07, 6.45) is 3.98. The quantitative estimate of drug-likeness (QED) is 0.682. The van der Waals surface area contributed by atoms with Crippen LogP contribution in [-0.4, -0.2) is 51.1 Å². The summed E-state index contributed by atoms with van der Waals surface area (Å²) in [5.41, 5.74) is 5.66. The number of anilines is 1. The van der Waals surface area contributed by atoms with E-state index in [0.29, 0.717) is 32.0 Å². The van der Waals surface area contributed by atoms with Gasteiger partial charge in [0.1, 0.15) is 5.54 Å². The van der Waals surface area contributed by atoms with Gasteiger partial charge in [-0.3, -0.25) is 9.69 Å². The fraction of sp³-hybridized carbons (Fsp3) is 0.583. The largest absolute Gasteiger partial charge is 0.480 e. The lowest BCUT2D eigenvalue weighted by Crippen LogP contribution is -2.50. The number of nitrogens with two attached hydrogens (primary N) is 1. The average molecular weight is 265 g/mol. The number of nitrogens with zero attached hydrogens (tertiary/aromatic N) is 3. The van der Waals surface area contributed by atoms with Gasteiger partial charge in [-0.2, -0.15) is 0 Å². The Morgan fingerprint density at radius 1 is 1.58 bits per heavy atom. The fourth-order valence-electron chi connectivity index (χ4n) is 2.17. The number of carbonyl (C=O) groups is 1. The topological polar surface area (TPSA) is 104 Å². The molecule has 0 spiro atoms. The SMILES string of the molecule is CCNc1ncc(CN2CC[C@@](N)(C(=O)O)C2)cn1. The van der Waals surface area contributed by atoms with Crippen molar-refractivity contribution in [2.45, 2.75) is 25.4 Å². The zero-order valence-corrected chi connectivity index (χ0v) is 11.0. The van der Waals surface area contributed by atoms with Gasteiger partial charge in [-0.05, 0) is 13.3 Å². The van der Waals surface area contributed by atoms with E-state index >= 15 is 0 Å². The molecule has 0 amide bonds. The Morgan fingerprint density at radius 3 is 2.79 bits per heavy atom. The van der Waals surface area contributed by atoms with Gasteiger partial charge in [0.25, 0.3) is 0 Å². The van der Waals surface area contributed by atoms with Crippen LogP contribution in [0.4, 0.5) is 5.95 Å². The van der Waals surface area contributed by atoms with Crippen LogP contribution in [0.3, 0.4) is 0 Å². The van der Waals surface area contributed by atoms with Crippen LogP contribution in [0, 0.1) is 0 Å². The van der Waals surface area contributed by atoms with Crippen molar-refractivity contribution in [3.05, 3.63) is 18.0 Å². The number of aliphatic carboxylic acids is 1. The van der Waals surface area contributed by atoms with Gasteiger partial charge in [0, 0.05) is 44.1 Å². The van der Waals surface area contributed by atoms with E-state index in [1.54, 1.807) is 12.4 Å². The van der Waals surface area contributed by atoms with Crippen LogP contribution < -0.4 is 11.1 Å². The second-order valence-electron chi connectivity index (χ2n) is 4.87. The minimum atomic E-state index is -1.12. The van der Waals surface area contributed by atoms with Gasteiger partial charge in [-0.15, -0.1) is 0 Å². The number of likely N-dealkylation sites (tertiary alicyclic amines) is 1. The lowest BCUT2D eigenvalue weighted by molar-refractivity contribution is -0.142. The maximum Gasteiger partial charge on any atom is 0.325 e. The van der Waals surface area contributed by atoms with E-state index in [2.05, 4.69) is 15.3 Å². The zero-order valence-electron chi connectivity index (χ0n) is 11.0. The highest BCUT2D eigenvalue weighted by Gasteiger charge is 2.41. The number of hydrogen-bond donors (Lipinski definition) is 3. The summed E-state index contributed by atoms with van der Waals surface area (Å²) in [7, 11) is 0. The van der Waals surface area contributed by atoms with Gasteiger partial charge in [0.2, 0.25) is 5.95 Å². The third kappa shape index (κ3) is 3.18. The Kier molecular flexibility index (Phi) is 3.96. The van der Waals surface area contributed by atoms with E-state index in [1.165, 1.54) is 0 Å². The molecule has 2 heterocycles. The normalized spacial score (nSPS) is 23.5. The second kappa shape index (κ2) is 5.50. The van der Waals surface area contributed by atoms with E-state index in [1.807, 2.05) is 11.8 Å². The van der Waals surface area contributed by atoms with Crippen molar-refractivity contribution in [2.24, 2.45) is 5.73 Å². The van der Waals surface area contributed by atoms with Crippen molar-refractivity contribution in [2.75, 3.05) is 25.0 Å². The van der Waals surface area contributed by atoms with Gasteiger partial charge < -0.3 is 16.2 Å². The first-order valence-corrected chi connectivity index (χ1v) is 6.33. The van der Waals surface area contributed by atoms with E-state index in [0.717, 1.165) is 12.1 Å². The van der Waals surface area contributed by atoms with E-state index in [4.69, 9.17) is 10.8 Å². The van der Waals surface area contributed by atoms with Crippen molar-refractivity contribution in [1.82, 2.24) is 14.9 Å². The number of hydrogen-bond acceptors (Lipinski definition) is 6. The number of carboxylic acid groups (broad SMARTS) is 1. The first-order valence-electron chi connectivity index (χ1n) is 6.33. The molecule has 0 radical (unpaired) electrons.